The van der Waals surface area contributed by atoms with Gasteiger partial charge in [0.15, 0.2) is 6.10 Å². The molecule has 1 aromatic carbocycles. The number of carbonyl (C=O) groups is 1. The van der Waals surface area contributed by atoms with Crippen LogP contribution in [0, 0.1) is 0 Å². The van der Waals surface area contributed by atoms with E-state index in [-0.39, 0.29) is 12.0 Å². The molecule has 0 bridgehead atoms. The molecule has 0 fully saturated rings. The van der Waals surface area contributed by atoms with Crippen molar-refractivity contribution in [2.24, 2.45) is 0 Å². The van der Waals surface area contributed by atoms with E-state index in [4.69, 9.17) is 4.74 Å². The summed E-state index contributed by atoms with van der Waals surface area (Å²) >= 11 is 0. The topological polar surface area (TPSA) is 50.4 Å². The van der Waals surface area contributed by atoms with Gasteiger partial charge in [-0.2, -0.15) is 0 Å². The number of fused-ring (bicyclic) bond motifs is 1. The molecular formula is C13H18N2O2. The van der Waals surface area contributed by atoms with Crippen molar-refractivity contribution >= 4 is 5.91 Å². The van der Waals surface area contributed by atoms with Gasteiger partial charge in [0.25, 0.3) is 5.91 Å². The minimum absolute atomic E-state index is 0.0164. The fourth-order valence-corrected chi connectivity index (χ4v) is 1.92. The molecule has 1 atom stereocenters. The first-order chi connectivity index (χ1) is 8.31. The third-order valence-corrected chi connectivity index (χ3v) is 2.84. The van der Waals surface area contributed by atoms with E-state index < -0.39 is 0 Å². The molecule has 17 heavy (non-hydrogen) atoms. The summed E-state index contributed by atoms with van der Waals surface area (Å²) in [6.07, 6.45) is 1.25. The van der Waals surface area contributed by atoms with Crippen LogP contribution in [0.2, 0.25) is 0 Å². The summed E-state index contributed by atoms with van der Waals surface area (Å²) in [5.41, 5.74) is 1.11. The van der Waals surface area contributed by atoms with Crippen LogP contribution in [0.5, 0.6) is 5.75 Å². The fraction of sp³-hybridized carbons (Fsp3) is 0.462. The Labute approximate surface area is 101 Å². The normalized spacial score (nSPS) is 17.4. The molecule has 1 aliphatic rings. The molecule has 1 unspecified atom stereocenters. The Hall–Kier alpha value is -1.55. The highest BCUT2D eigenvalue weighted by Crippen LogP contribution is 2.27. The Morgan fingerprint density at radius 3 is 3.00 bits per heavy atom. The highest BCUT2D eigenvalue weighted by atomic mass is 16.5. The lowest BCUT2D eigenvalue weighted by Gasteiger charge is -2.11. The molecule has 92 valence electrons. The van der Waals surface area contributed by atoms with E-state index in [0.29, 0.717) is 13.0 Å². The lowest BCUT2D eigenvalue weighted by molar-refractivity contribution is -0.127. The number of benzene rings is 1. The molecule has 1 aliphatic heterocycles. The minimum atomic E-state index is -0.359. The average Bonchev–Trinajstić information content (AvgIpc) is 2.78. The van der Waals surface area contributed by atoms with Crippen molar-refractivity contribution < 1.29 is 9.53 Å². The second-order valence-corrected chi connectivity index (χ2v) is 4.17. The highest BCUT2D eigenvalue weighted by molar-refractivity contribution is 5.82. The molecule has 0 saturated carbocycles. The van der Waals surface area contributed by atoms with E-state index in [1.54, 1.807) is 0 Å². The number of amides is 1. The van der Waals surface area contributed by atoms with Crippen LogP contribution in [0.25, 0.3) is 0 Å². The Balaban J connectivity index is 1.80. The number of ether oxygens (including phenoxy) is 1. The zero-order chi connectivity index (χ0) is 12.1. The number of nitrogens with one attached hydrogen (secondary N) is 2. The van der Waals surface area contributed by atoms with Gasteiger partial charge in [-0.1, -0.05) is 18.2 Å². The summed E-state index contributed by atoms with van der Waals surface area (Å²) in [6.45, 7) is 1.60. The van der Waals surface area contributed by atoms with Crippen LogP contribution in [0.1, 0.15) is 12.0 Å². The van der Waals surface area contributed by atoms with Gasteiger partial charge < -0.3 is 15.4 Å². The molecule has 4 nitrogen and oxygen atoms in total. The Kier molecular flexibility index (Phi) is 3.98. The van der Waals surface area contributed by atoms with Gasteiger partial charge in [0.1, 0.15) is 5.75 Å². The van der Waals surface area contributed by atoms with Crippen LogP contribution >= 0.6 is 0 Å². The van der Waals surface area contributed by atoms with Gasteiger partial charge in [-0.3, -0.25) is 4.79 Å². The van der Waals surface area contributed by atoms with Gasteiger partial charge in [-0.25, -0.2) is 0 Å². The molecule has 1 amide bonds. The Bertz CT molecular complexity index is 368. The molecule has 4 heteroatoms. The lowest BCUT2D eigenvalue weighted by Crippen LogP contribution is -2.38. The fourth-order valence-electron chi connectivity index (χ4n) is 1.92. The first-order valence-electron chi connectivity index (χ1n) is 5.98. The van der Waals surface area contributed by atoms with Gasteiger partial charge in [0.2, 0.25) is 0 Å². The molecule has 0 radical (unpaired) electrons. The Morgan fingerprint density at radius 2 is 2.24 bits per heavy atom. The van der Waals surface area contributed by atoms with Crippen molar-refractivity contribution in [2.45, 2.75) is 18.9 Å². The predicted molar refractivity (Wildman–Crippen MR) is 66.1 cm³/mol. The predicted octanol–water partition coefficient (Wildman–Crippen LogP) is 0.716. The third kappa shape index (κ3) is 2.97. The van der Waals surface area contributed by atoms with Crippen LogP contribution in [0.15, 0.2) is 24.3 Å². The molecule has 2 N–H and O–H groups in total. The SMILES string of the molecule is CNCCCNC(=O)C1Cc2ccccc2O1. The van der Waals surface area contributed by atoms with E-state index in [1.807, 2.05) is 31.3 Å². The maximum absolute atomic E-state index is 11.8. The maximum atomic E-state index is 11.8. The van der Waals surface area contributed by atoms with Crippen LogP contribution in [-0.2, 0) is 11.2 Å². The Morgan fingerprint density at radius 1 is 1.41 bits per heavy atom. The standard InChI is InChI=1S/C13H18N2O2/c1-14-7-4-8-15-13(16)12-9-10-5-2-3-6-11(10)17-12/h2-3,5-6,12,14H,4,7-9H2,1H3,(H,15,16). The van der Waals surface area contributed by atoms with Gasteiger partial charge >= 0.3 is 0 Å². The largest absolute Gasteiger partial charge is 0.480 e. The van der Waals surface area contributed by atoms with E-state index in [9.17, 15) is 4.79 Å². The molecular weight excluding hydrogens is 216 g/mol. The summed E-state index contributed by atoms with van der Waals surface area (Å²) < 4.78 is 5.60. The molecule has 1 aromatic rings. The number of hydrogen-bond acceptors (Lipinski definition) is 3. The molecule has 0 saturated heterocycles. The maximum Gasteiger partial charge on any atom is 0.261 e. The molecule has 2 rings (SSSR count). The zero-order valence-electron chi connectivity index (χ0n) is 10.0. The van der Waals surface area contributed by atoms with Gasteiger partial charge in [-0.15, -0.1) is 0 Å². The third-order valence-electron chi connectivity index (χ3n) is 2.84. The van der Waals surface area contributed by atoms with Gasteiger partial charge in [0, 0.05) is 13.0 Å². The summed E-state index contributed by atoms with van der Waals surface area (Å²) in [4.78, 5) is 11.8. The molecule has 0 aliphatic carbocycles. The van der Waals surface area contributed by atoms with Crippen molar-refractivity contribution in [2.75, 3.05) is 20.1 Å². The second kappa shape index (κ2) is 5.68. The van der Waals surface area contributed by atoms with Crippen LogP contribution in [-0.4, -0.2) is 32.1 Å². The highest BCUT2D eigenvalue weighted by Gasteiger charge is 2.28. The molecule has 1 heterocycles. The van der Waals surface area contributed by atoms with Gasteiger partial charge in [0.05, 0.1) is 0 Å². The lowest BCUT2D eigenvalue weighted by atomic mass is 10.1. The summed E-state index contributed by atoms with van der Waals surface area (Å²) in [7, 11) is 1.90. The quantitative estimate of drug-likeness (QED) is 0.738. The summed E-state index contributed by atoms with van der Waals surface area (Å²) in [5, 5.41) is 5.93. The minimum Gasteiger partial charge on any atom is -0.480 e. The van der Waals surface area contributed by atoms with E-state index in [0.717, 1.165) is 24.3 Å². The monoisotopic (exact) mass is 234 g/mol. The number of hydrogen-bond donors (Lipinski definition) is 2. The summed E-state index contributed by atoms with van der Waals surface area (Å²) in [6, 6.07) is 7.80. The van der Waals surface area contributed by atoms with Crippen molar-refractivity contribution in [3.8, 4) is 5.75 Å². The smallest absolute Gasteiger partial charge is 0.261 e. The van der Waals surface area contributed by atoms with Crippen LogP contribution in [0.4, 0.5) is 0 Å². The zero-order valence-corrected chi connectivity index (χ0v) is 10.0. The van der Waals surface area contributed by atoms with E-state index >= 15 is 0 Å². The number of rotatable bonds is 5. The first kappa shape index (κ1) is 11.9. The first-order valence-corrected chi connectivity index (χ1v) is 5.98. The number of para-hydroxylation sites is 1. The van der Waals surface area contributed by atoms with Crippen LogP contribution < -0.4 is 15.4 Å². The van der Waals surface area contributed by atoms with E-state index in [1.165, 1.54) is 0 Å². The molecule has 0 aromatic heterocycles. The summed E-state index contributed by atoms with van der Waals surface area (Å²) in [5.74, 6) is 0.820. The van der Waals surface area contributed by atoms with Crippen LogP contribution in [0.3, 0.4) is 0 Å². The van der Waals surface area contributed by atoms with E-state index in [2.05, 4.69) is 10.6 Å². The second-order valence-electron chi connectivity index (χ2n) is 4.17. The van der Waals surface area contributed by atoms with Crippen molar-refractivity contribution in [3.63, 3.8) is 0 Å². The molecule has 0 spiro atoms. The van der Waals surface area contributed by atoms with Crippen molar-refractivity contribution in [1.82, 2.24) is 10.6 Å². The van der Waals surface area contributed by atoms with Gasteiger partial charge in [-0.05, 0) is 31.6 Å². The van der Waals surface area contributed by atoms with Crippen molar-refractivity contribution in [3.05, 3.63) is 29.8 Å². The average molecular weight is 234 g/mol. The van der Waals surface area contributed by atoms with Crippen molar-refractivity contribution in [1.29, 1.82) is 0 Å². The number of carbonyl (C=O) groups excluding carboxylic acids is 1.